The van der Waals surface area contributed by atoms with Gasteiger partial charge in [-0.3, -0.25) is 4.79 Å². The van der Waals surface area contributed by atoms with E-state index < -0.39 is 0 Å². The molecule has 4 heteroatoms. The molecule has 1 amide bonds. The Morgan fingerprint density at radius 2 is 2.11 bits per heavy atom. The monoisotopic (exact) mass is 253 g/mol. The van der Waals surface area contributed by atoms with E-state index in [4.69, 9.17) is 9.47 Å². The summed E-state index contributed by atoms with van der Waals surface area (Å²) in [6.45, 7) is 7.24. The third-order valence-corrected chi connectivity index (χ3v) is 4.73. The zero-order valence-corrected chi connectivity index (χ0v) is 11.4. The Hall–Kier alpha value is -0.610. The number of amides is 1. The van der Waals surface area contributed by atoms with E-state index in [0.717, 1.165) is 39.0 Å². The van der Waals surface area contributed by atoms with Gasteiger partial charge in [-0.1, -0.05) is 13.8 Å². The van der Waals surface area contributed by atoms with Crippen LogP contribution in [-0.4, -0.2) is 48.8 Å². The Kier molecular flexibility index (Phi) is 3.10. The highest BCUT2D eigenvalue weighted by molar-refractivity contribution is 5.83. The number of rotatable bonds is 2. The van der Waals surface area contributed by atoms with Crippen molar-refractivity contribution in [3.63, 3.8) is 0 Å². The number of hydrogen-bond acceptors (Lipinski definition) is 3. The summed E-state index contributed by atoms with van der Waals surface area (Å²) < 4.78 is 11.3. The number of nitrogens with zero attached hydrogens (tertiary/aromatic N) is 1. The summed E-state index contributed by atoms with van der Waals surface area (Å²) in [6, 6.07) is 0. The number of carbonyl (C=O) groups excluding carboxylic acids is 1. The molecular weight excluding hydrogens is 230 g/mol. The predicted molar refractivity (Wildman–Crippen MR) is 67.2 cm³/mol. The topological polar surface area (TPSA) is 38.8 Å². The third kappa shape index (κ3) is 1.95. The molecule has 3 aliphatic rings. The Morgan fingerprint density at radius 1 is 1.33 bits per heavy atom. The lowest BCUT2D eigenvalue weighted by Gasteiger charge is -2.38. The molecule has 4 nitrogen and oxygen atoms in total. The lowest BCUT2D eigenvalue weighted by Crippen LogP contribution is -2.55. The highest BCUT2D eigenvalue weighted by Crippen LogP contribution is 2.45. The number of carbonyl (C=O) groups is 1. The van der Waals surface area contributed by atoms with Crippen molar-refractivity contribution < 1.29 is 14.3 Å². The molecule has 0 bridgehead atoms. The van der Waals surface area contributed by atoms with Gasteiger partial charge in [0.15, 0.2) is 0 Å². The van der Waals surface area contributed by atoms with Crippen molar-refractivity contribution >= 4 is 5.91 Å². The van der Waals surface area contributed by atoms with E-state index >= 15 is 0 Å². The van der Waals surface area contributed by atoms with Crippen molar-refractivity contribution in [3.05, 3.63) is 0 Å². The average Bonchev–Trinajstić information content (AvgIpc) is 2.95. The molecule has 0 aromatic heterocycles. The highest BCUT2D eigenvalue weighted by atomic mass is 16.5. The second-order valence-electron chi connectivity index (χ2n) is 6.25. The zero-order chi connectivity index (χ0) is 12.8. The summed E-state index contributed by atoms with van der Waals surface area (Å²) >= 11 is 0. The van der Waals surface area contributed by atoms with Gasteiger partial charge in [-0.2, -0.15) is 0 Å². The van der Waals surface area contributed by atoms with Crippen LogP contribution in [0.3, 0.4) is 0 Å². The van der Waals surface area contributed by atoms with E-state index in [2.05, 4.69) is 18.7 Å². The first-order chi connectivity index (χ1) is 8.64. The Morgan fingerprint density at radius 3 is 2.78 bits per heavy atom. The summed E-state index contributed by atoms with van der Waals surface area (Å²) in [4.78, 5) is 14.8. The normalized spacial score (nSPS) is 34.3. The molecule has 102 valence electrons. The molecular formula is C14H23NO3. The summed E-state index contributed by atoms with van der Waals surface area (Å²) in [5.41, 5.74) is 0.0306. The van der Waals surface area contributed by atoms with Gasteiger partial charge in [0.05, 0.1) is 18.8 Å². The van der Waals surface area contributed by atoms with Crippen molar-refractivity contribution in [2.24, 2.45) is 11.8 Å². The quantitative estimate of drug-likeness (QED) is 0.747. The van der Waals surface area contributed by atoms with Gasteiger partial charge in [-0.05, 0) is 31.1 Å². The van der Waals surface area contributed by atoms with Gasteiger partial charge in [0, 0.05) is 13.2 Å². The van der Waals surface area contributed by atoms with Crippen LogP contribution in [0.15, 0.2) is 0 Å². The van der Waals surface area contributed by atoms with Gasteiger partial charge < -0.3 is 14.4 Å². The molecule has 0 aromatic carbocycles. The second kappa shape index (κ2) is 4.49. The predicted octanol–water partition coefficient (Wildman–Crippen LogP) is 1.44. The molecule has 2 aliphatic heterocycles. The number of hydrogen-bond donors (Lipinski definition) is 0. The molecule has 1 spiro atoms. The molecule has 2 saturated heterocycles. The van der Waals surface area contributed by atoms with Gasteiger partial charge >= 0.3 is 0 Å². The standard InChI is InChI=1S/C14H23NO3/c1-10(2)11-3-7-18-12(11)13(16)15-6-8-17-9-14(15)4-5-14/h10-12H,3-9H2,1-2H3/t11-,12-/m1/s1. The lowest BCUT2D eigenvalue weighted by molar-refractivity contribution is -0.153. The molecule has 3 fully saturated rings. The Labute approximate surface area is 109 Å². The van der Waals surface area contributed by atoms with Crippen LogP contribution in [0.5, 0.6) is 0 Å². The van der Waals surface area contributed by atoms with Crippen molar-refractivity contribution in [1.82, 2.24) is 4.90 Å². The minimum Gasteiger partial charge on any atom is -0.377 e. The fourth-order valence-corrected chi connectivity index (χ4v) is 3.33. The molecule has 2 atom stereocenters. The fraction of sp³-hybridized carbons (Fsp3) is 0.929. The molecule has 1 aliphatic carbocycles. The minimum absolute atomic E-state index is 0.0306. The molecule has 3 rings (SSSR count). The zero-order valence-electron chi connectivity index (χ0n) is 11.4. The van der Waals surface area contributed by atoms with E-state index in [9.17, 15) is 4.79 Å². The van der Waals surface area contributed by atoms with E-state index in [1.807, 2.05) is 0 Å². The van der Waals surface area contributed by atoms with E-state index in [1.165, 1.54) is 0 Å². The van der Waals surface area contributed by atoms with Crippen molar-refractivity contribution in [1.29, 1.82) is 0 Å². The molecule has 0 aromatic rings. The maximum Gasteiger partial charge on any atom is 0.252 e. The molecule has 18 heavy (non-hydrogen) atoms. The fourth-order valence-electron chi connectivity index (χ4n) is 3.33. The second-order valence-corrected chi connectivity index (χ2v) is 6.25. The lowest BCUT2D eigenvalue weighted by atomic mass is 9.88. The van der Waals surface area contributed by atoms with E-state index in [1.54, 1.807) is 0 Å². The van der Waals surface area contributed by atoms with Gasteiger partial charge in [0.25, 0.3) is 5.91 Å². The summed E-state index contributed by atoms with van der Waals surface area (Å²) in [5, 5.41) is 0. The van der Waals surface area contributed by atoms with Crippen LogP contribution >= 0.6 is 0 Å². The van der Waals surface area contributed by atoms with Crippen LogP contribution < -0.4 is 0 Å². The van der Waals surface area contributed by atoms with E-state index in [0.29, 0.717) is 18.4 Å². The number of ether oxygens (including phenoxy) is 2. The Bertz CT molecular complexity index is 338. The van der Waals surface area contributed by atoms with E-state index in [-0.39, 0.29) is 17.6 Å². The summed E-state index contributed by atoms with van der Waals surface area (Å²) in [5.74, 6) is 1.11. The summed E-state index contributed by atoms with van der Waals surface area (Å²) in [7, 11) is 0. The smallest absolute Gasteiger partial charge is 0.252 e. The van der Waals surface area contributed by atoms with Crippen LogP contribution in [0.1, 0.15) is 33.1 Å². The molecule has 0 radical (unpaired) electrons. The van der Waals surface area contributed by atoms with Crippen LogP contribution in [-0.2, 0) is 14.3 Å². The third-order valence-electron chi connectivity index (χ3n) is 4.73. The SMILES string of the molecule is CC(C)[C@H]1CCO[C@H]1C(=O)N1CCOCC12CC2. The molecule has 0 N–H and O–H groups in total. The van der Waals surface area contributed by atoms with Crippen LogP contribution in [0.4, 0.5) is 0 Å². The molecule has 2 heterocycles. The maximum absolute atomic E-state index is 12.7. The maximum atomic E-state index is 12.7. The highest BCUT2D eigenvalue weighted by Gasteiger charge is 2.54. The van der Waals surface area contributed by atoms with Gasteiger partial charge in [-0.25, -0.2) is 0 Å². The van der Waals surface area contributed by atoms with Crippen LogP contribution in [0.2, 0.25) is 0 Å². The van der Waals surface area contributed by atoms with Crippen molar-refractivity contribution in [2.45, 2.75) is 44.8 Å². The molecule has 0 unspecified atom stereocenters. The number of morpholine rings is 1. The average molecular weight is 253 g/mol. The van der Waals surface area contributed by atoms with Crippen LogP contribution in [0, 0.1) is 11.8 Å². The van der Waals surface area contributed by atoms with Gasteiger partial charge in [0.1, 0.15) is 6.10 Å². The summed E-state index contributed by atoms with van der Waals surface area (Å²) in [6.07, 6.45) is 3.00. The minimum atomic E-state index is -0.208. The molecule has 1 saturated carbocycles. The first kappa shape index (κ1) is 12.4. The van der Waals surface area contributed by atoms with Crippen molar-refractivity contribution in [3.8, 4) is 0 Å². The first-order valence-corrected chi connectivity index (χ1v) is 7.15. The van der Waals surface area contributed by atoms with Gasteiger partial charge in [-0.15, -0.1) is 0 Å². The van der Waals surface area contributed by atoms with Gasteiger partial charge in [0.2, 0.25) is 0 Å². The largest absolute Gasteiger partial charge is 0.377 e. The first-order valence-electron chi connectivity index (χ1n) is 7.15. The van der Waals surface area contributed by atoms with Crippen molar-refractivity contribution in [2.75, 3.05) is 26.4 Å². The Balaban J connectivity index is 1.73. The van der Waals surface area contributed by atoms with Crippen LogP contribution in [0.25, 0.3) is 0 Å².